The zero-order chi connectivity index (χ0) is 11.6. The molecule has 0 bridgehead atoms. The van der Waals surface area contributed by atoms with E-state index in [1.165, 1.54) is 36.8 Å². The van der Waals surface area contributed by atoms with E-state index < -0.39 is 0 Å². The van der Waals surface area contributed by atoms with Crippen LogP contribution in [0.25, 0.3) is 0 Å². The van der Waals surface area contributed by atoms with Crippen molar-refractivity contribution >= 4 is 0 Å². The van der Waals surface area contributed by atoms with Crippen LogP contribution in [0.4, 0.5) is 0 Å². The van der Waals surface area contributed by atoms with Crippen molar-refractivity contribution in [2.24, 2.45) is 5.92 Å². The van der Waals surface area contributed by atoms with Crippen LogP contribution in [0.3, 0.4) is 0 Å². The molecule has 0 spiro atoms. The summed E-state index contributed by atoms with van der Waals surface area (Å²) in [6.07, 6.45) is 5.35. The predicted molar refractivity (Wildman–Crippen MR) is 69.5 cm³/mol. The standard InChI is InChI=1S/C15H23N/c1-12-8-4-5-10-14(12)15(16-3)11-7-6-9-13(15)2/h4-5,8,10,13,16H,6-7,9,11H2,1-3H3/t13?,15-/m0/s1. The largest absolute Gasteiger partial charge is 0.310 e. The normalized spacial score (nSPS) is 30.3. The van der Waals surface area contributed by atoms with Crippen molar-refractivity contribution < 1.29 is 0 Å². The summed E-state index contributed by atoms with van der Waals surface area (Å²) >= 11 is 0. The number of aryl methyl sites for hydroxylation is 1. The van der Waals surface area contributed by atoms with Gasteiger partial charge in [-0.3, -0.25) is 0 Å². The maximum atomic E-state index is 3.62. The molecule has 1 aromatic rings. The first-order valence-electron chi connectivity index (χ1n) is 6.46. The predicted octanol–water partition coefficient (Wildman–Crippen LogP) is 3.62. The fourth-order valence-corrected chi connectivity index (χ4v) is 3.33. The summed E-state index contributed by atoms with van der Waals surface area (Å²) in [6, 6.07) is 8.84. The highest BCUT2D eigenvalue weighted by molar-refractivity contribution is 5.34. The van der Waals surface area contributed by atoms with E-state index in [1.807, 2.05) is 0 Å². The molecular formula is C15H23N. The fraction of sp³-hybridized carbons (Fsp3) is 0.600. The average Bonchev–Trinajstić information content (AvgIpc) is 2.31. The molecule has 1 heteroatoms. The molecule has 0 heterocycles. The first kappa shape index (κ1) is 11.7. The minimum Gasteiger partial charge on any atom is -0.310 e. The lowest BCUT2D eigenvalue weighted by atomic mass is 9.68. The van der Waals surface area contributed by atoms with Gasteiger partial charge in [0.1, 0.15) is 0 Å². The monoisotopic (exact) mass is 217 g/mol. The summed E-state index contributed by atoms with van der Waals surface area (Å²) in [5, 5.41) is 3.62. The van der Waals surface area contributed by atoms with Gasteiger partial charge in [0.15, 0.2) is 0 Å². The molecule has 0 radical (unpaired) electrons. The SMILES string of the molecule is CN[C@@]1(c2ccccc2C)CCCCC1C. The van der Waals surface area contributed by atoms with Gasteiger partial charge in [0.05, 0.1) is 0 Å². The summed E-state index contributed by atoms with van der Waals surface area (Å²) in [6.45, 7) is 4.62. The van der Waals surface area contributed by atoms with Crippen LogP contribution < -0.4 is 5.32 Å². The van der Waals surface area contributed by atoms with Crippen molar-refractivity contribution in [2.45, 2.75) is 45.1 Å². The third-order valence-electron chi connectivity index (χ3n) is 4.37. The highest BCUT2D eigenvalue weighted by atomic mass is 15.0. The van der Waals surface area contributed by atoms with Crippen LogP contribution in [0.1, 0.15) is 43.7 Å². The molecule has 0 aromatic heterocycles. The van der Waals surface area contributed by atoms with Gasteiger partial charge in [0, 0.05) is 5.54 Å². The Morgan fingerprint density at radius 3 is 2.62 bits per heavy atom. The van der Waals surface area contributed by atoms with Gasteiger partial charge >= 0.3 is 0 Å². The summed E-state index contributed by atoms with van der Waals surface area (Å²) < 4.78 is 0. The van der Waals surface area contributed by atoms with E-state index >= 15 is 0 Å². The van der Waals surface area contributed by atoms with Gasteiger partial charge in [-0.05, 0) is 43.9 Å². The number of rotatable bonds is 2. The van der Waals surface area contributed by atoms with E-state index in [2.05, 4.69) is 50.5 Å². The van der Waals surface area contributed by atoms with Gasteiger partial charge in [0.2, 0.25) is 0 Å². The van der Waals surface area contributed by atoms with Crippen molar-refractivity contribution in [1.82, 2.24) is 5.32 Å². The minimum absolute atomic E-state index is 0.212. The van der Waals surface area contributed by atoms with Crippen LogP contribution in [-0.4, -0.2) is 7.05 Å². The Morgan fingerprint density at radius 2 is 2.00 bits per heavy atom. The molecule has 0 saturated heterocycles. The van der Waals surface area contributed by atoms with Crippen molar-refractivity contribution in [3.8, 4) is 0 Å². The van der Waals surface area contributed by atoms with Crippen molar-refractivity contribution in [3.05, 3.63) is 35.4 Å². The lowest BCUT2D eigenvalue weighted by molar-refractivity contribution is 0.165. The summed E-state index contributed by atoms with van der Waals surface area (Å²) in [4.78, 5) is 0. The Bertz CT molecular complexity index is 358. The number of nitrogens with one attached hydrogen (secondary N) is 1. The van der Waals surface area contributed by atoms with Crippen LogP contribution >= 0.6 is 0 Å². The molecule has 16 heavy (non-hydrogen) atoms. The van der Waals surface area contributed by atoms with Crippen LogP contribution in [0.15, 0.2) is 24.3 Å². The van der Waals surface area contributed by atoms with E-state index in [0.717, 1.165) is 5.92 Å². The zero-order valence-electron chi connectivity index (χ0n) is 10.7. The molecule has 2 rings (SSSR count). The van der Waals surface area contributed by atoms with Crippen LogP contribution in [-0.2, 0) is 5.54 Å². The molecule has 1 saturated carbocycles. The fourth-order valence-electron chi connectivity index (χ4n) is 3.33. The highest BCUT2D eigenvalue weighted by Gasteiger charge is 2.38. The molecule has 0 aliphatic heterocycles. The molecular weight excluding hydrogens is 194 g/mol. The number of hydrogen-bond acceptors (Lipinski definition) is 1. The van der Waals surface area contributed by atoms with Gasteiger partial charge in [-0.2, -0.15) is 0 Å². The highest BCUT2D eigenvalue weighted by Crippen LogP contribution is 2.42. The molecule has 1 aliphatic rings. The Morgan fingerprint density at radius 1 is 1.25 bits per heavy atom. The third-order valence-corrected chi connectivity index (χ3v) is 4.37. The Hall–Kier alpha value is -0.820. The molecule has 88 valence electrons. The van der Waals surface area contributed by atoms with Crippen molar-refractivity contribution in [3.63, 3.8) is 0 Å². The summed E-state index contributed by atoms with van der Waals surface area (Å²) in [5.74, 6) is 0.729. The third kappa shape index (κ3) is 1.78. The van der Waals surface area contributed by atoms with Crippen molar-refractivity contribution in [2.75, 3.05) is 7.05 Å². The van der Waals surface area contributed by atoms with Gasteiger partial charge in [-0.25, -0.2) is 0 Å². The first-order valence-corrected chi connectivity index (χ1v) is 6.46. The second kappa shape index (κ2) is 4.58. The number of benzene rings is 1. The number of hydrogen-bond donors (Lipinski definition) is 1. The van der Waals surface area contributed by atoms with E-state index in [0.29, 0.717) is 0 Å². The lowest BCUT2D eigenvalue weighted by Gasteiger charge is -2.44. The Labute approximate surface area is 99.3 Å². The molecule has 1 nitrogen and oxygen atoms in total. The summed E-state index contributed by atoms with van der Waals surface area (Å²) in [7, 11) is 2.12. The molecule has 1 fully saturated rings. The zero-order valence-corrected chi connectivity index (χ0v) is 10.7. The topological polar surface area (TPSA) is 12.0 Å². The second-order valence-corrected chi connectivity index (χ2v) is 5.18. The van der Waals surface area contributed by atoms with Gasteiger partial charge < -0.3 is 5.32 Å². The maximum Gasteiger partial charge on any atom is 0.0460 e. The first-order chi connectivity index (χ1) is 7.70. The van der Waals surface area contributed by atoms with E-state index in [1.54, 1.807) is 0 Å². The van der Waals surface area contributed by atoms with Crippen molar-refractivity contribution in [1.29, 1.82) is 0 Å². The molecule has 0 amide bonds. The molecule has 1 N–H and O–H groups in total. The smallest absolute Gasteiger partial charge is 0.0460 e. The minimum atomic E-state index is 0.212. The molecule has 1 aromatic carbocycles. The lowest BCUT2D eigenvalue weighted by Crippen LogP contribution is -2.48. The van der Waals surface area contributed by atoms with Gasteiger partial charge in [0.25, 0.3) is 0 Å². The van der Waals surface area contributed by atoms with Gasteiger partial charge in [-0.1, -0.05) is 44.0 Å². The van der Waals surface area contributed by atoms with E-state index in [-0.39, 0.29) is 5.54 Å². The van der Waals surface area contributed by atoms with E-state index in [4.69, 9.17) is 0 Å². The van der Waals surface area contributed by atoms with Crippen LogP contribution in [0.2, 0.25) is 0 Å². The molecule has 1 unspecified atom stereocenters. The average molecular weight is 217 g/mol. The van der Waals surface area contributed by atoms with E-state index in [9.17, 15) is 0 Å². The van der Waals surface area contributed by atoms with Crippen LogP contribution in [0, 0.1) is 12.8 Å². The Balaban J connectivity index is 2.44. The molecule has 1 aliphatic carbocycles. The maximum absolute atomic E-state index is 3.62. The second-order valence-electron chi connectivity index (χ2n) is 5.18. The van der Waals surface area contributed by atoms with Gasteiger partial charge in [-0.15, -0.1) is 0 Å². The van der Waals surface area contributed by atoms with Crippen LogP contribution in [0.5, 0.6) is 0 Å². The summed E-state index contributed by atoms with van der Waals surface area (Å²) in [5.41, 5.74) is 3.14. The molecule has 2 atom stereocenters. The quantitative estimate of drug-likeness (QED) is 0.798. The Kier molecular flexibility index (Phi) is 3.34.